The number of amides is 2. The fraction of sp³-hybridized carbons (Fsp3) is 0.400. The van der Waals surface area contributed by atoms with Crippen LogP contribution in [0.15, 0.2) is 59.0 Å². The highest BCUT2D eigenvalue weighted by atomic mass is 19.1. The summed E-state index contributed by atoms with van der Waals surface area (Å²) in [6.45, 7) is 3.06. The molecular formula is C30H35FN2O6. The van der Waals surface area contributed by atoms with Crippen LogP contribution in [0.25, 0.3) is 0 Å². The number of hydrogen-bond acceptors (Lipinski definition) is 6. The molecule has 2 heterocycles. The Kier molecular flexibility index (Phi) is 9.59. The highest BCUT2D eigenvalue weighted by molar-refractivity contribution is 5.96. The van der Waals surface area contributed by atoms with Gasteiger partial charge in [0.15, 0.2) is 11.5 Å². The molecule has 208 valence electrons. The molecule has 1 aromatic heterocycles. The van der Waals surface area contributed by atoms with Crippen molar-refractivity contribution in [1.29, 1.82) is 0 Å². The molecule has 0 N–H and O–H groups in total. The second-order valence-electron chi connectivity index (χ2n) is 9.57. The Morgan fingerprint density at radius 1 is 1.03 bits per heavy atom. The van der Waals surface area contributed by atoms with Crippen LogP contribution in [0.2, 0.25) is 0 Å². The minimum Gasteiger partial charge on any atom is -0.493 e. The van der Waals surface area contributed by atoms with E-state index in [1.54, 1.807) is 25.2 Å². The van der Waals surface area contributed by atoms with Gasteiger partial charge in [0, 0.05) is 19.7 Å². The number of halogens is 1. The molecule has 2 amide bonds. The van der Waals surface area contributed by atoms with Crippen LogP contribution in [0.1, 0.15) is 40.3 Å². The number of rotatable bonds is 12. The predicted molar refractivity (Wildman–Crippen MR) is 143 cm³/mol. The standard InChI is InChI=1S/C30H35FN2O6/c1-21-10-12-24(39-21)19-32(15-14-22-11-13-27(36-2)28(17-22)37-3)29(34)20-33(18-23-7-6-16-38-23)30(35)25-8-4-5-9-26(25)31/h4-5,8-13,17,23H,6-7,14-16,18-20H2,1-3H3/t23-/m0/s1. The Balaban J connectivity index is 1.54. The molecule has 1 atom stereocenters. The van der Waals surface area contributed by atoms with E-state index in [0.29, 0.717) is 36.8 Å². The van der Waals surface area contributed by atoms with Gasteiger partial charge in [0.2, 0.25) is 5.91 Å². The van der Waals surface area contributed by atoms with Crippen molar-refractivity contribution in [2.24, 2.45) is 0 Å². The molecule has 9 heteroatoms. The Labute approximate surface area is 228 Å². The summed E-state index contributed by atoms with van der Waals surface area (Å²) < 4.78 is 36.7. The van der Waals surface area contributed by atoms with Crippen molar-refractivity contribution >= 4 is 11.8 Å². The van der Waals surface area contributed by atoms with Crippen LogP contribution in [0.5, 0.6) is 11.5 Å². The van der Waals surface area contributed by atoms with Gasteiger partial charge in [-0.1, -0.05) is 18.2 Å². The molecule has 39 heavy (non-hydrogen) atoms. The van der Waals surface area contributed by atoms with E-state index in [1.807, 2.05) is 37.3 Å². The van der Waals surface area contributed by atoms with E-state index in [2.05, 4.69) is 0 Å². The first-order valence-corrected chi connectivity index (χ1v) is 13.1. The third kappa shape index (κ3) is 7.38. The van der Waals surface area contributed by atoms with Crippen molar-refractivity contribution in [2.75, 3.05) is 40.5 Å². The Bertz CT molecular complexity index is 1270. The number of carbonyl (C=O) groups excluding carboxylic acids is 2. The van der Waals surface area contributed by atoms with E-state index in [0.717, 1.165) is 24.2 Å². The molecule has 1 aliphatic heterocycles. The van der Waals surface area contributed by atoms with Gasteiger partial charge in [-0.2, -0.15) is 0 Å². The third-order valence-electron chi connectivity index (χ3n) is 6.78. The summed E-state index contributed by atoms with van der Waals surface area (Å²) in [6, 6.07) is 15.1. The molecule has 0 radical (unpaired) electrons. The molecule has 8 nitrogen and oxygen atoms in total. The molecule has 0 spiro atoms. The van der Waals surface area contributed by atoms with Gasteiger partial charge < -0.3 is 28.4 Å². The summed E-state index contributed by atoms with van der Waals surface area (Å²) >= 11 is 0. The SMILES string of the molecule is COc1ccc(CCN(Cc2ccc(C)o2)C(=O)CN(C[C@@H]2CCCO2)C(=O)c2ccccc2F)cc1OC. The number of ether oxygens (including phenoxy) is 3. The zero-order valence-electron chi connectivity index (χ0n) is 22.7. The average molecular weight is 539 g/mol. The molecule has 4 rings (SSSR count). The van der Waals surface area contributed by atoms with Crippen LogP contribution in [0, 0.1) is 12.7 Å². The fourth-order valence-electron chi connectivity index (χ4n) is 4.67. The smallest absolute Gasteiger partial charge is 0.257 e. The Morgan fingerprint density at radius 2 is 1.82 bits per heavy atom. The molecule has 0 saturated carbocycles. The van der Waals surface area contributed by atoms with Crippen LogP contribution in [-0.4, -0.2) is 68.2 Å². The van der Waals surface area contributed by atoms with E-state index >= 15 is 0 Å². The molecule has 1 fully saturated rings. The summed E-state index contributed by atoms with van der Waals surface area (Å²) in [5.41, 5.74) is 0.890. The first kappa shape index (κ1) is 28.2. The third-order valence-corrected chi connectivity index (χ3v) is 6.78. The molecular weight excluding hydrogens is 503 g/mol. The van der Waals surface area contributed by atoms with Gasteiger partial charge in [-0.05, 0) is 68.1 Å². The number of benzene rings is 2. The number of aryl methyl sites for hydroxylation is 1. The van der Waals surface area contributed by atoms with Gasteiger partial charge in [-0.25, -0.2) is 4.39 Å². The van der Waals surface area contributed by atoms with Crippen molar-refractivity contribution in [3.8, 4) is 11.5 Å². The highest BCUT2D eigenvalue weighted by Crippen LogP contribution is 2.28. The quantitative estimate of drug-likeness (QED) is 0.334. The van der Waals surface area contributed by atoms with Crippen molar-refractivity contribution in [3.05, 3.63) is 83.1 Å². The van der Waals surface area contributed by atoms with Crippen LogP contribution < -0.4 is 9.47 Å². The summed E-state index contributed by atoms with van der Waals surface area (Å²) in [5.74, 6) is 1.18. The molecule has 1 aliphatic rings. The predicted octanol–water partition coefficient (Wildman–Crippen LogP) is 4.64. The largest absolute Gasteiger partial charge is 0.493 e. The van der Waals surface area contributed by atoms with Gasteiger partial charge in [-0.15, -0.1) is 0 Å². The summed E-state index contributed by atoms with van der Waals surface area (Å²) in [5, 5.41) is 0. The van der Waals surface area contributed by atoms with E-state index in [-0.39, 0.29) is 37.2 Å². The molecule has 0 unspecified atom stereocenters. The van der Waals surface area contributed by atoms with Gasteiger partial charge in [0.25, 0.3) is 5.91 Å². The van der Waals surface area contributed by atoms with Crippen LogP contribution in [-0.2, 0) is 22.5 Å². The topological polar surface area (TPSA) is 81.5 Å². The van der Waals surface area contributed by atoms with Crippen LogP contribution in [0.4, 0.5) is 4.39 Å². The lowest BCUT2D eigenvalue weighted by Crippen LogP contribution is -2.46. The Morgan fingerprint density at radius 3 is 2.49 bits per heavy atom. The van der Waals surface area contributed by atoms with Crippen molar-refractivity contribution in [1.82, 2.24) is 9.80 Å². The number of nitrogens with zero attached hydrogens (tertiary/aromatic N) is 2. The van der Waals surface area contributed by atoms with Crippen molar-refractivity contribution in [3.63, 3.8) is 0 Å². The van der Waals surface area contributed by atoms with Crippen LogP contribution >= 0.6 is 0 Å². The van der Waals surface area contributed by atoms with Crippen molar-refractivity contribution < 1.29 is 32.6 Å². The maximum absolute atomic E-state index is 14.5. The highest BCUT2D eigenvalue weighted by Gasteiger charge is 2.28. The zero-order valence-corrected chi connectivity index (χ0v) is 22.7. The first-order valence-electron chi connectivity index (χ1n) is 13.1. The lowest BCUT2D eigenvalue weighted by atomic mass is 10.1. The fourth-order valence-corrected chi connectivity index (χ4v) is 4.67. The minimum atomic E-state index is -0.622. The summed E-state index contributed by atoms with van der Waals surface area (Å²) in [7, 11) is 3.15. The number of carbonyl (C=O) groups is 2. The first-order chi connectivity index (χ1) is 18.9. The normalized spacial score (nSPS) is 14.7. The van der Waals surface area contributed by atoms with E-state index in [4.69, 9.17) is 18.6 Å². The van der Waals surface area contributed by atoms with Crippen LogP contribution in [0.3, 0.4) is 0 Å². The molecule has 1 saturated heterocycles. The van der Waals surface area contributed by atoms with E-state index < -0.39 is 11.7 Å². The average Bonchev–Trinajstić information content (AvgIpc) is 3.61. The summed E-state index contributed by atoms with van der Waals surface area (Å²) in [4.78, 5) is 30.2. The molecule has 2 aromatic carbocycles. The zero-order chi connectivity index (χ0) is 27.8. The minimum absolute atomic E-state index is 0.0677. The summed E-state index contributed by atoms with van der Waals surface area (Å²) in [6.07, 6.45) is 2.01. The number of methoxy groups -OCH3 is 2. The molecule has 0 bridgehead atoms. The van der Waals surface area contributed by atoms with Gasteiger partial charge in [0.1, 0.15) is 23.9 Å². The number of hydrogen-bond donors (Lipinski definition) is 0. The lowest BCUT2D eigenvalue weighted by Gasteiger charge is -2.29. The number of furan rings is 1. The van der Waals surface area contributed by atoms with E-state index in [9.17, 15) is 14.0 Å². The second-order valence-corrected chi connectivity index (χ2v) is 9.57. The second kappa shape index (κ2) is 13.3. The maximum atomic E-state index is 14.5. The lowest BCUT2D eigenvalue weighted by molar-refractivity contribution is -0.133. The van der Waals surface area contributed by atoms with Gasteiger partial charge in [0.05, 0.1) is 32.4 Å². The van der Waals surface area contributed by atoms with Crippen molar-refractivity contribution in [2.45, 2.75) is 38.8 Å². The monoisotopic (exact) mass is 538 g/mol. The Hall–Kier alpha value is -3.85. The molecule has 0 aliphatic carbocycles. The van der Waals surface area contributed by atoms with Gasteiger partial charge in [-0.3, -0.25) is 9.59 Å². The van der Waals surface area contributed by atoms with Gasteiger partial charge >= 0.3 is 0 Å². The maximum Gasteiger partial charge on any atom is 0.257 e. The van der Waals surface area contributed by atoms with E-state index in [1.165, 1.54) is 23.1 Å². The molecule has 3 aromatic rings.